The van der Waals surface area contributed by atoms with E-state index in [1.165, 1.54) is 26.2 Å². The van der Waals surface area contributed by atoms with E-state index in [1.807, 2.05) is 37.3 Å². The molecule has 1 aromatic carbocycles. The lowest BCUT2D eigenvalue weighted by atomic mass is 9.44. The maximum atomic E-state index is 13.5. The highest BCUT2D eigenvalue weighted by Gasteiger charge is 2.59. The van der Waals surface area contributed by atoms with Crippen LogP contribution in [0.1, 0.15) is 97.1 Å². The maximum absolute atomic E-state index is 13.5. The molecule has 5 nitrogen and oxygen atoms in total. The van der Waals surface area contributed by atoms with Gasteiger partial charge in [0.2, 0.25) is 0 Å². The number of nitrogens with one attached hydrogen (secondary N) is 1. The van der Waals surface area contributed by atoms with Gasteiger partial charge in [0.25, 0.3) is 0 Å². The molecule has 0 bridgehead atoms. The summed E-state index contributed by atoms with van der Waals surface area (Å²) in [6, 6.07) is 9.59. The van der Waals surface area contributed by atoms with Gasteiger partial charge in [0.05, 0.1) is 6.10 Å². The highest BCUT2D eigenvalue weighted by Crippen LogP contribution is 2.66. The van der Waals surface area contributed by atoms with Crippen LogP contribution in [0.5, 0.6) is 0 Å². The third-order valence-electron chi connectivity index (χ3n) is 11.3. The minimum atomic E-state index is -0.588. The van der Waals surface area contributed by atoms with Crippen LogP contribution in [0.3, 0.4) is 0 Å². The molecule has 9 unspecified atom stereocenters. The number of aliphatic hydroxyl groups is 1. The molecule has 4 aliphatic carbocycles. The topological polar surface area (TPSA) is 75.6 Å². The third kappa shape index (κ3) is 5.01. The average molecular weight is 522 g/mol. The summed E-state index contributed by atoms with van der Waals surface area (Å²) >= 11 is 0. The Morgan fingerprint density at radius 3 is 2.58 bits per heavy atom. The van der Waals surface area contributed by atoms with Crippen LogP contribution in [0.4, 0.5) is 0 Å². The SMILES string of the molecule is CC(=O)OC1CCC2(C)C(CCC3C4CC=C(C(=O)CCNC(C)C(O)c5ccccc5)C4(C)CCC32)C1. The molecule has 4 aliphatic rings. The van der Waals surface area contributed by atoms with Gasteiger partial charge in [0, 0.05) is 25.9 Å². The monoisotopic (exact) mass is 521 g/mol. The van der Waals surface area contributed by atoms with Crippen molar-refractivity contribution < 1.29 is 19.4 Å². The summed E-state index contributed by atoms with van der Waals surface area (Å²) in [5, 5.41) is 14.0. The molecule has 0 radical (unpaired) electrons. The molecule has 5 rings (SSSR count). The second kappa shape index (κ2) is 10.9. The number of Topliss-reactive ketones (excluding diaryl/α,β-unsaturated/α-hetero) is 1. The number of ketones is 1. The molecule has 38 heavy (non-hydrogen) atoms. The van der Waals surface area contributed by atoms with E-state index in [2.05, 4.69) is 25.2 Å². The third-order valence-corrected chi connectivity index (χ3v) is 11.3. The number of benzene rings is 1. The van der Waals surface area contributed by atoms with Gasteiger partial charge >= 0.3 is 5.97 Å². The molecular weight excluding hydrogens is 474 g/mol. The van der Waals surface area contributed by atoms with Gasteiger partial charge in [0.15, 0.2) is 5.78 Å². The highest BCUT2D eigenvalue weighted by molar-refractivity contribution is 5.97. The van der Waals surface area contributed by atoms with Crippen molar-refractivity contribution in [3.8, 4) is 0 Å². The largest absolute Gasteiger partial charge is 0.463 e. The van der Waals surface area contributed by atoms with Crippen LogP contribution in [0.2, 0.25) is 0 Å². The average Bonchev–Trinajstić information content (AvgIpc) is 3.26. The molecule has 1 aromatic rings. The number of allylic oxidation sites excluding steroid dienone is 2. The number of carbonyl (C=O) groups excluding carboxylic acids is 2. The summed E-state index contributed by atoms with van der Waals surface area (Å²) in [5.74, 6) is 2.73. The van der Waals surface area contributed by atoms with Crippen LogP contribution in [0.15, 0.2) is 42.0 Å². The van der Waals surface area contributed by atoms with Gasteiger partial charge in [-0.15, -0.1) is 0 Å². The molecular formula is C33H47NO4. The van der Waals surface area contributed by atoms with Crippen molar-refractivity contribution in [1.29, 1.82) is 0 Å². The first kappa shape index (κ1) is 27.6. The number of hydrogen-bond donors (Lipinski definition) is 2. The van der Waals surface area contributed by atoms with E-state index in [0.717, 1.165) is 43.2 Å². The second-order valence-corrected chi connectivity index (χ2v) is 13.2. The maximum Gasteiger partial charge on any atom is 0.302 e. The minimum Gasteiger partial charge on any atom is -0.463 e. The molecule has 3 fully saturated rings. The van der Waals surface area contributed by atoms with E-state index < -0.39 is 6.10 Å². The molecule has 208 valence electrons. The van der Waals surface area contributed by atoms with Crippen molar-refractivity contribution in [2.45, 2.75) is 104 Å². The molecule has 0 heterocycles. The Kier molecular flexibility index (Phi) is 7.90. The van der Waals surface area contributed by atoms with E-state index in [4.69, 9.17) is 4.74 Å². The van der Waals surface area contributed by atoms with Crippen LogP contribution in [-0.2, 0) is 14.3 Å². The first-order valence-corrected chi connectivity index (χ1v) is 15.0. The number of rotatable bonds is 8. The molecule has 3 saturated carbocycles. The van der Waals surface area contributed by atoms with Gasteiger partial charge in [-0.25, -0.2) is 0 Å². The molecule has 5 heteroatoms. The summed E-state index contributed by atoms with van der Waals surface area (Å²) in [6.07, 6.45) is 11.2. The molecule has 9 atom stereocenters. The Morgan fingerprint density at radius 1 is 1.08 bits per heavy atom. The van der Waals surface area contributed by atoms with Gasteiger partial charge in [-0.1, -0.05) is 50.3 Å². The number of hydrogen-bond acceptors (Lipinski definition) is 5. The Balaban J connectivity index is 1.18. The van der Waals surface area contributed by atoms with E-state index in [0.29, 0.717) is 42.1 Å². The lowest BCUT2D eigenvalue weighted by molar-refractivity contribution is -0.159. The Bertz CT molecular complexity index is 1050. The number of ether oxygens (including phenoxy) is 1. The number of carbonyl (C=O) groups is 2. The summed E-state index contributed by atoms with van der Waals surface area (Å²) in [4.78, 5) is 25.0. The molecule has 0 saturated heterocycles. The summed E-state index contributed by atoms with van der Waals surface area (Å²) in [5.41, 5.74) is 2.29. The van der Waals surface area contributed by atoms with E-state index in [1.54, 1.807) is 0 Å². The van der Waals surface area contributed by atoms with E-state index >= 15 is 0 Å². The number of aliphatic hydroxyl groups excluding tert-OH is 1. The molecule has 0 spiro atoms. The quantitative estimate of drug-likeness (QED) is 0.400. The molecule has 0 aromatic heterocycles. The fourth-order valence-electron chi connectivity index (χ4n) is 9.16. The lowest BCUT2D eigenvalue weighted by Crippen LogP contribution is -2.54. The summed E-state index contributed by atoms with van der Waals surface area (Å²) < 4.78 is 5.63. The van der Waals surface area contributed by atoms with Crippen LogP contribution in [-0.4, -0.2) is 35.5 Å². The van der Waals surface area contributed by atoms with Gasteiger partial charge < -0.3 is 15.2 Å². The number of fused-ring (bicyclic) bond motifs is 5. The van der Waals surface area contributed by atoms with Crippen LogP contribution in [0, 0.1) is 34.5 Å². The highest BCUT2D eigenvalue weighted by atomic mass is 16.5. The van der Waals surface area contributed by atoms with E-state index in [-0.39, 0.29) is 29.3 Å². The Labute approximate surface area is 228 Å². The number of esters is 1. The molecule has 2 N–H and O–H groups in total. The zero-order valence-corrected chi connectivity index (χ0v) is 23.7. The van der Waals surface area contributed by atoms with Gasteiger partial charge in [-0.05, 0) is 104 Å². The summed E-state index contributed by atoms with van der Waals surface area (Å²) in [6.45, 7) is 8.98. The normalized spacial score (nSPS) is 37.7. The predicted octanol–water partition coefficient (Wildman–Crippen LogP) is 6.17. The van der Waals surface area contributed by atoms with Crippen LogP contribution in [0.25, 0.3) is 0 Å². The van der Waals surface area contributed by atoms with Crippen molar-refractivity contribution in [2.24, 2.45) is 34.5 Å². The molecule has 0 amide bonds. The zero-order chi connectivity index (χ0) is 27.1. The fraction of sp³-hybridized carbons (Fsp3) is 0.697. The summed E-state index contributed by atoms with van der Waals surface area (Å²) in [7, 11) is 0. The van der Waals surface area contributed by atoms with Crippen molar-refractivity contribution in [1.82, 2.24) is 5.32 Å². The van der Waals surface area contributed by atoms with Crippen LogP contribution >= 0.6 is 0 Å². The standard InChI is InChI=1S/C33H47NO4/c1-21(31(37)23-8-6-5-7-9-23)34-19-16-30(36)29-13-12-27-26-11-10-24-20-25(38-22(2)35)14-17-32(24,3)28(26)15-18-33(27,29)4/h5-9,13,21,24-28,31,34,37H,10-12,14-20H2,1-4H3. The first-order valence-electron chi connectivity index (χ1n) is 15.0. The zero-order valence-electron chi connectivity index (χ0n) is 23.7. The van der Waals surface area contributed by atoms with Crippen molar-refractivity contribution in [2.75, 3.05) is 6.54 Å². The Hall–Kier alpha value is -1.98. The second-order valence-electron chi connectivity index (χ2n) is 13.2. The fourth-order valence-corrected chi connectivity index (χ4v) is 9.16. The van der Waals surface area contributed by atoms with Gasteiger partial charge in [-0.3, -0.25) is 9.59 Å². The first-order chi connectivity index (χ1) is 18.1. The molecule has 0 aliphatic heterocycles. The van der Waals surface area contributed by atoms with Gasteiger partial charge in [-0.2, -0.15) is 0 Å². The lowest BCUT2D eigenvalue weighted by Gasteiger charge is -2.60. The van der Waals surface area contributed by atoms with Crippen molar-refractivity contribution >= 4 is 11.8 Å². The van der Waals surface area contributed by atoms with Gasteiger partial charge in [0.1, 0.15) is 6.10 Å². The smallest absolute Gasteiger partial charge is 0.302 e. The van der Waals surface area contributed by atoms with Crippen molar-refractivity contribution in [3.05, 3.63) is 47.5 Å². The Morgan fingerprint density at radius 2 is 1.84 bits per heavy atom. The van der Waals surface area contributed by atoms with Crippen LogP contribution < -0.4 is 5.32 Å². The van der Waals surface area contributed by atoms with E-state index in [9.17, 15) is 14.7 Å². The van der Waals surface area contributed by atoms with Crippen molar-refractivity contribution in [3.63, 3.8) is 0 Å². The predicted molar refractivity (Wildman–Crippen MR) is 149 cm³/mol. The minimum absolute atomic E-state index is 0.00837.